The van der Waals surface area contributed by atoms with Crippen LogP contribution in [-0.2, 0) is 6.54 Å². The summed E-state index contributed by atoms with van der Waals surface area (Å²) < 4.78 is 0. The van der Waals surface area contributed by atoms with Gasteiger partial charge in [-0.1, -0.05) is 0 Å². The maximum atomic E-state index is 13.4. The van der Waals surface area contributed by atoms with E-state index in [0.29, 0.717) is 5.41 Å². The average Bonchev–Trinajstić information content (AvgIpc) is 3.41. The second kappa shape index (κ2) is 10.5. The Morgan fingerprint density at radius 3 is 2.30 bits per heavy atom. The first-order chi connectivity index (χ1) is 19.4. The van der Waals surface area contributed by atoms with E-state index in [9.17, 15) is 9.90 Å². The molecule has 0 radical (unpaired) electrons. The fraction of sp³-hybridized carbons (Fsp3) is 0.515. The van der Waals surface area contributed by atoms with Gasteiger partial charge >= 0.3 is 0 Å². The van der Waals surface area contributed by atoms with Crippen molar-refractivity contribution in [3.05, 3.63) is 64.6 Å². The Kier molecular flexibility index (Phi) is 6.83. The number of aromatic hydroxyl groups is 1. The molecule has 5 aliphatic rings. The Bertz CT molecular complexity index is 1330. The molecule has 5 fully saturated rings. The molecular formula is C33H40N4O2S. The quantitative estimate of drug-likeness (QED) is 0.380. The Morgan fingerprint density at radius 2 is 1.65 bits per heavy atom. The zero-order chi connectivity index (χ0) is 27.3. The molecule has 210 valence electrons. The SMILES string of the molecule is CN(CC12CC3CC(CC(C3)C1)C2)C(=O)c1ccc(N2CCN(Cc3cc(-c4cncc(O)c4)cs3)CC2)cc1. The number of pyridine rings is 1. The minimum atomic E-state index is 0.170. The zero-order valence-corrected chi connectivity index (χ0v) is 24.3. The number of amides is 1. The number of carbonyl (C=O) groups is 1. The molecular weight excluding hydrogens is 516 g/mol. The summed E-state index contributed by atoms with van der Waals surface area (Å²) in [6.45, 7) is 5.84. The highest BCUT2D eigenvalue weighted by Crippen LogP contribution is 2.60. The molecule has 6 nitrogen and oxygen atoms in total. The summed E-state index contributed by atoms with van der Waals surface area (Å²) >= 11 is 1.76. The van der Waals surface area contributed by atoms with Gasteiger partial charge in [0, 0.05) is 74.2 Å². The lowest BCUT2D eigenvalue weighted by atomic mass is 9.49. The molecule has 4 saturated carbocycles. The highest BCUT2D eigenvalue weighted by atomic mass is 32.1. The van der Waals surface area contributed by atoms with E-state index in [4.69, 9.17) is 0 Å². The summed E-state index contributed by atoms with van der Waals surface area (Å²) in [4.78, 5) is 25.8. The van der Waals surface area contributed by atoms with E-state index in [1.807, 2.05) is 24.1 Å². The lowest BCUT2D eigenvalue weighted by molar-refractivity contribution is -0.0629. The van der Waals surface area contributed by atoms with E-state index in [-0.39, 0.29) is 11.7 Å². The lowest BCUT2D eigenvalue weighted by Crippen LogP contribution is -2.51. The molecule has 4 aliphatic carbocycles. The summed E-state index contributed by atoms with van der Waals surface area (Å²) in [5.41, 5.74) is 4.46. The van der Waals surface area contributed by atoms with Crippen LogP contribution in [-0.4, -0.2) is 65.6 Å². The normalized spacial score (nSPS) is 27.7. The molecule has 1 saturated heterocycles. The first-order valence-corrected chi connectivity index (χ1v) is 15.8. The van der Waals surface area contributed by atoms with E-state index in [2.05, 4.69) is 38.4 Å². The predicted octanol–water partition coefficient (Wildman–Crippen LogP) is 6.13. The minimum absolute atomic E-state index is 0.170. The fourth-order valence-electron chi connectivity index (χ4n) is 8.68. The van der Waals surface area contributed by atoms with Crippen LogP contribution in [0.3, 0.4) is 0 Å². The van der Waals surface area contributed by atoms with Crippen molar-refractivity contribution in [1.82, 2.24) is 14.8 Å². The summed E-state index contributed by atoms with van der Waals surface area (Å²) in [7, 11) is 2.02. The van der Waals surface area contributed by atoms with Gasteiger partial charge in [-0.05, 0) is 109 Å². The number of rotatable bonds is 7. The second-order valence-electron chi connectivity index (χ2n) is 13.1. The van der Waals surface area contributed by atoms with E-state index in [0.717, 1.165) is 73.7 Å². The monoisotopic (exact) mass is 556 g/mol. The lowest BCUT2D eigenvalue weighted by Gasteiger charge is -2.57. The third-order valence-corrected chi connectivity index (χ3v) is 10.9. The molecule has 1 amide bonds. The highest BCUT2D eigenvalue weighted by molar-refractivity contribution is 7.10. The van der Waals surface area contributed by atoms with Gasteiger partial charge in [0.25, 0.3) is 5.91 Å². The predicted molar refractivity (Wildman–Crippen MR) is 161 cm³/mol. The molecule has 1 aliphatic heterocycles. The van der Waals surface area contributed by atoms with Gasteiger partial charge < -0.3 is 14.9 Å². The maximum Gasteiger partial charge on any atom is 0.253 e. The van der Waals surface area contributed by atoms with Gasteiger partial charge in [-0.2, -0.15) is 0 Å². The van der Waals surface area contributed by atoms with E-state index < -0.39 is 0 Å². The number of carbonyl (C=O) groups excluding carboxylic acids is 1. The van der Waals surface area contributed by atoms with Crippen molar-refractivity contribution in [3.63, 3.8) is 0 Å². The van der Waals surface area contributed by atoms with E-state index >= 15 is 0 Å². The van der Waals surface area contributed by atoms with Gasteiger partial charge in [-0.3, -0.25) is 14.7 Å². The highest BCUT2D eigenvalue weighted by Gasteiger charge is 2.51. The molecule has 0 spiro atoms. The van der Waals surface area contributed by atoms with Crippen molar-refractivity contribution >= 4 is 22.9 Å². The molecule has 0 unspecified atom stereocenters. The number of hydrogen-bond donors (Lipinski definition) is 1. The molecule has 1 aromatic carbocycles. The summed E-state index contributed by atoms with van der Waals surface area (Å²) in [6.07, 6.45) is 11.6. The van der Waals surface area contributed by atoms with Gasteiger partial charge in [0.15, 0.2) is 0 Å². The number of aromatic nitrogens is 1. The Hall–Kier alpha value is -2.90. The van der Waals surface area contributed by atoms with E-state index in [1.54, 1.807) is 23.6 Å². The topological polar surface area (TPSA) is 59.9 Å². The molecule has 0 atom stereocenters. The van der Waals surface area contributed by atoms with Crippen LogP contribution in [0.5, 0.6) is 5.75 Å². The molecule has 3 heterocycles. The van der Waals surface area contributed by atoms with Gasteiger partial charge in [0.05, 0.1) is 6.20 Å². The molecule has 1 N–H and O–H groups in total. The van der Waals surface area contributed by atoms with Gasteiger partial charge in [-0.25, -0.2) is 0 Å². The molecule has 7 heteroatoms. The first-order valence-electron chi connectivity index (χ1n) is 15.0. The van der Waals surface area contributed by atoms with Crippen molar-refractivity contribution < 1.29 is 9.90 Å². The zero-order valence-electron chi connectivity index (χ0n) is 23.5. The summed E-state index contributed by atoms with van der Waals surface area (Å²) in [5.74, 6) is 3.12. The molecule has 3 aromatic rings. The number of thiophene rings is 1. The first kappa shape index (κ1) is 26.0. The largest absolute Gasteiger partial charge is 0.506 e. The Morgan fingerprint density at radius 1 is 0.975 bits per heavy atom. The minimum Gasteiger partial charge on any atom is -0.506 e. The standard InChI is InChI=1S/C33H40N4O2S/c1-35(22-33-15-23-10-24(16-33)12-25(11-23)17-33)32(39)26-2-4-29(5-3-26)37-8-6-36(7-9-37)20-31-14-28(21-40-31)27-13-30(38)19-34-18-27/h2-5,13-14,18-19,21,23-25,38H,6-12,15-17,20,22H2,1H3. The second-order valence-corrected chi connectivity index (χ2v) is 14.1. The number of nitrogens with zero attached hydrogens (tertiary/aromatic N) is 4. The van der Waals surface area contributed by atoms with Gasteiger partial charge in [-0.15, -0.1) is 11.3 Å². The van der Waals surface area contributed by atoms with Crippen molar-refractivity contribution in [1.29, 1.82) is 0 Å². The van der Waals surface area contributed by atoms with Crippen molar-refractivity contribution in [2.75, 3.05) is 44.7 Å². The molecule has 4 bridgehead atoms. The maximum absolute atomic E-state index is 13.4. The van der Waals surface area contributed by atoms with Crippen LogP contribution in [0.25, 0.3) is 11.1 Å². The van der Waals surface area contributed by atoms with Crippen LogP contribution in [0.15, 0.2) is 54.2 Å². The Balaban J connectivity index is 0.918. The van der Waals surface area contributed by atoms with Crippen LogP contribution < -0.4 is 4.90 Å². The van der Waals surface area contributed by atoms with Crippen LogP contribution in [0.4, 0.5) is 5.69 Å². The Labute approximate surface area is 241 Å². The van der Waals surface area contributed by atoms with Gasteiger partial charge in [0.2, 0.25) is 0 Å². The van der Waals surface area contributed by atoms with Crippen molar-refractivity contribution in [3.8, 4) is 16.9 Å². The molecule has 8 rings (SSSR count). The number of anilines is 1. The van der Waals surface area contributed by atoms with Crippen LogP contribution in [0.1, 0.15) is 53.8 Å². The summed E-state index contributed by atoms with van der Waals surface area (Å²) in [5, 5.41) is 11.9. The number of hydrogen-bond acceptors (Lipinski definition) is 6. The molecule has 2 aromatic heterocycles. The smallest absolute Gasteiger partial charge is 0.253 e. The van der Waals surface area contributed by atoms with Crippen LogP contribution in [0.2, 0.25) is 0 Å². The summed E-state index contributed by atoms with van der Waals surface area (Å²) in [6, 6.07) is 12.3. The van der Waals surface area contributed by atoms with Gasteiger partial charge in [0.1, 0.15) is 5.75 Å². The average molecular weight is 557 g/mol. The third kappa shape index (κ3) is 5.26. The third-order valence-electron chi connectivity index (χ3n) is 10.0. The fourth-order valence-corrected chi connectivity index (χ4v) is 9.61. The number of piperazine rings is 1. The van der Waals surface area contributed by atoms with Crippen molar-refractivity contribution in [2.45, 2.75) is 45.1 Å². The molecule has 40 heavy (non-hydrogen) atoms. The number of benzene rings is 1. The van der Waals surface area contributed by atoms with Crippen LogP contribution in [0, 0.1) is 23.2 Å². The van der Waals surface area contributed by atoms with E-state index in [1.165, 1.54) is 55.3 Å². The van der Waals surface area contributed by atoms with Crippen molar-refractivity contribution in [2.24, 2.45) is 23.2 Å². The van der Waals surface area contributed by atoms with Crippen LogP contribution >= 0.6 is 11.3 Å².